The number of halogens is 1. The summed E-state index contributed by atoms with van der Waals surface area (Å²) in [5.41, 5.74) is 1.54. The molecule has 3 N–H and O–H groups in total. The third kappa shape index (κ3) is 6.28. The standard InChI is InChI=1S/C30H39BrN6O3S/c1-28(2,3)23-13-11-20-26(34-23)37-18-30(6,17-29(37,4)5)15-14-22(21-12-10-19(31)16-32-21)33-24-8-7-9-25(35-24)41(39,40)36-27(20)38/h7-13,16,22,27,36,38H,14-15,17-18H2,1-6H3,(H,33,35). The minimum atomic E-state index is -4.17. The molecule has 41 heavy (non-hydrogen) atoms. The van der Waals surface area contributed by atoms with Crippen LogP contribution in [0.2, 0.25) is 0 Å². The van der Waals surface area contributed by atoms with Gasteiger partial charge in [0.2, 0.25) is 0 Å². The minimum absolute atomic E-state index is 0.0740. The highest BCUT2D eigenvalue weighted by Gasteiger charge is 2.47. The van der Waals surface area contributed by atoms with Crippen LogP contribution in [0.3, 0.4) is 0 Å². The lowest BCUT2D eigenvalue weighted by Gasteiger charge is -2.35. The zero-order chi connectivity index (χ0) is 29.8. The summed E-state index contributed by atoms with van der Waals surface area (Å²) in [6, 6.07) is 12.2. The molecule has 0 aromatic carbocycles. The summed E-state index contributed by atoms with van der Waals surface area (Å²) in [5, 5.41) is 14.6. The Bertz CT molecular complexity index is 1540. The third-order valence-corrected chi connectivity index (χ3v) is 9.87. The maximum absolute atomic E-state index is 13.5. The fraction of sp³-hybridized carbons (Fsp3) is 0.500. The molecule has 11 heteroatoms. The molecule has 5 rings (SSSR count). The predicted molar refractivity (Wildman–Crippen MR) is 164 cm³/mol. The van der Waals surface area contributed by atoms with Crippen LogP contribution < -0.4 is 14.9 Å². The number of aliphatic hydroxyl groups is 1. The Morgan fingerprint density at radius 1 is 1.07 bits per heavy atom. The van der Waals surface area contributed by atoms with Crippen molar-refractivity contribution in [2.75, 3.05) is 16.8 Å². The van der Waals surface area contributed by atoms with Gasteiger partial charge in [-0.15, -0.1) is 0 Å². The quantitative estimate of drug-likeness (QED) is 0.303. The molecule has 3 unspecified atom stereocenters. The normalized spacial score (nSPS) is 25.9. The second kappa shape index (κ2) is 10.6. The first kappa shape index (κ1) is 29.9. The monoisotopic (exact) mass is 642 g/mol. The van der Waals surface area contributed by atoms with Crippen LogP contribution in [0.4, 0.5) is 11.6 Å². The van der Waals surface area contributed by atoms with Crippen molar-refractivity contribution in [3.05, 3.63) is 70.1 Å². The molecule has 1 fully saturated rings. The molecule has 3 aromatic heterocycles. The number of rotatable bonds is 1. The van der Waals surface area contributed by atoms with E-state index in [0.29, 0.717) is 23.7 Å². The first-order valence-corrected chi connectivity index (χ1v) is 16.2. The van der Waals surface area contributed by atoms with Crippen molar-refractivity contribution < 1.29 is 13.5 Å². The van der Waals surface area contributed by atoms with Gasteiger partial charge >= 0.3 is 0 Å². The summed E-state index contributed by atoms with van der Waals surface area (Å²) in [6.45, 7) is 13.7. The number of hydrogen-bond acceptors (Lipinski definition) is 8. The molecule has 0 radical (unpaired) electrons. The van der Waals surface area contributed by atoms with Gasteiger partial charge in [0.1, 0.15) is 17.9 Å². The number of nitrogens with zero attached hydrogens (tertiary/aromatic N) is 4. The van der Waals surface area contributed by atoms with Crippen LogP contribution in [0, 0.1) is 5.41 Å². The van der Waals surface area contributed by atoms with Gasteiger partial charge in [-0.05, 0) is 90.9 Å². The third-order valence-electron chi connectivity index (χ3n) is 8.09. The number of pyridine rings is 3. The summed E-state index contributed by atoms with van der Waals surface area (Å²) >= 11 is 3.47. The van der Waals surface area contributed by atoms with E-state index in [2.05, 4.69) is 82.4 Å². The molecule has 0 spiro atoms. The Kier molecular flexibility index (Phi) is 7.72. The topological polar surface area (TPSA) is 120 Å². The second-order valence-corrected chi connectivity index (χ2v) is 15.8. The maximum Gasteiger partial charge on any atom is 0.260 e. The van der Waals surface area contributed by atoms with Crippen molar-refractivity contribution in [3.8, 4) is 0 Å². The Balaban J connectivity index is 1.65. The number of anilines is 2. The number of hydrogen-bond donors (Lipinski definition) is 3. The summed E-state index contributed by atoms with van der Waals surface area (Å²) in [5.74, 6) is 1.02. The predicted octanol–water partition coefficient (Wildman–Crippen LogP) is 5.84. The second-order valence-electron chi connectivity index (χ2n) is 13.3. The highest BCUT2D eigenvalue weighted by atomic mass is 79.9. The van der Waals surface area contributed by atoms with Gasteiger partial charge in [0.05, 0.1) is 11.7 Å². The highest BCUT2D eigenvalue weighted by Crippen LogP contribution is 2.48. The van der Waals surface area contributed by atoms with E-state index in [9.17, 15) is 13.5 Å². The van der Waals surface area contributed by atoms with E-state index in [-0.39, 0.29) is 27.4 Å². The van der Waals surface area contributed by atoms with Crippen molar-refractivity contribution in [1.29, 1.82) is 0 Å². The van der Waals surface area contributed by atoms with Crippen molar-refractivity contribution in [2.45, 2.75) is 89.1 Å². The van der Waals surface area contributed by atoms with Crippen LogP contribution in [0.5, 0.6) is 0 Å². The first-order valence-electron chi connectivity index (χ1n) is 13.9. The molecule has 3 aromatic rings. The lowest BCUT2D eigenvalue weighted by Crippen LogP contribution is -2.41. The number of aliphatic hydroxyl groups excluding tert-OH is 1. The van der Waals surface area contributed by atoms with E-state index in [4.69, 9.17) is 4.98 Å². The number of sulfonamides is 1. The molecule has 1 saturated heterocycles. The fourth-order valence-electron chi connectivity index (χ4n) is 6.10. The SMILES string of the molecule is CC12CCC(c3ccc(Br)cn3)Nc3cccc(n3)S(=O)(=O)NC(O)c3ccc(C(C)(C)C)nc3N(C1)C(C)(C)C2. The fourth-order valence-corrected chi connectivity index (χ4v) is 7.35. The Morgan fingerprint density at radius 3 is 2.51 bits per heavy atom. The van der Waals surface area contributed by atoms with Crippen molar-refractivity contribution in [3.63, 3.8) is 0 Å². The zero-order valence-electron chi connectivity index (χ0n) is 24.4. The molecule has 4 bridgehead atoms. The van der Waals surface area contributed by atoms with Gasteiger partial charge in [-0.2, -0.15) is 4.72 Å². The smallest absolute Gasteiger partial charge is 0.260 e. The van der Waals surface area contributed by atoms with E-state index >= 15 is 0 Å². The lowest BCUT2D eigenvalue weighted by atomic mass is 9.79. The van der Waals surface area contributed by atoms with E-state index < -0.39 is 16.3 Å². The Hall–Kier alpha value is -2.60. The molecule has 2 aliphatic heterocycles. The highest BCUT2D eigenvalue weighted by molar-refractivity contribution is 9.10. The minimum Gasteiger partial charge on any atom is -0.373 e. The average molecular weight is 644 g/mol. The lowest BCUT2D eigenvalue weighted by molar-refractivity contribution is 0.166. The number of aromatic nitrogens is 3. The van der Waals surface area contributed by atoms with E-state index in [1.165, 1.54) is 6.07 Å². The van der Waals surface area contributed by atoms with Crippen LogP contribution in [0.15, 0.2) is 58.2 Å². The van der Waals surface area contributed by atoms with Crippen LogP contribution in [-0.2, 0) is 15.4 Å². The molecule has 0 saturated carbocycles. The van der Waals surface area contributed by atoms with Crippen molar-refractivity contribution in [1.82, 2.24) is 19.7 Å². The van der Waals surface area contributed by atoms with Gasteiger partial charge in [-0.25, -0.2) is 18.4 Å². The van der Waals surface area contributed by atoms with E-state index in [1.807, 2.05) is 18.2 Å². The van der Waals surface area contributed by atoms with E-state index in [0.717, 1.165) is 35.1 Å². The van der Waals surface area contributed by atoms with Gasteiger partial charge in [-0.1, -0.05) is 33.8 Å². The molecule has 9 nitrogen and oxygen atoms in total. The van der Waals surface area contributed by atoms with Gasteiger partial charge in [0.25, 0.3) is 10.0 Å². The van der Waals surface area contributed by atoms with Gasteiger partial charge < -0.3 is 15.3 Å². The largest absolute Gasteiger partial charge is 0.373 e. The Labute approximate surface area is 251 Å². The summed E-state index contributed by atoms with van der Waals surface area (Å²) in [6.07, 6.45) is 2.80. The summed E-state index contributed by atoms with van der Waals surface area (Å²) < 4.78 is 30.3. The van der Waals surface area contributed by atoms with Crippen LogP contribution in [-0.4, -0.2) is 40.6 Å². The Morgan fingerprint density at radius 2 is 1.83 bits per heavy atom. The molecular formula is C30H39BrN6O3S. The van der Waals surface area contributed by atoms with Crippen LogP contribution in [0.25, 0.3) is 0 Å². The number of nitrogens with one attached hydrogen (secondary N) is 2. The molecular weight excluding hydrogens is 604 g/mol. The van der Waals surface area contributed by atoms with Crippen molar-refractivity contribution in [2.24, 2.45) is 5.41 Å². The maximum atomic E-state index is 13.5. The first-order chi connectivity index (χ1) is 19.1. The molecule has 0 amide bonds. The average Bonchev–Trinajstić information content (AvgIpc) is 3.14. The van der Waals surface area contributed by atoms with Crippen LogP contribution >= 0.6 is 15.9 Å². The van der Waals surface area contributed by atoms with Crippen molar-refractivity contribution >= 4 is 37.6 Å². The van der Waals surface area contributed by atoms with Gasteiger partial charge in [0.15, 0.2) is 5.03 Å². The molecule has 0 aliphatic carbocycles. The molecule has 3 atom stereocenters. The van der Waals surface area contributed by atoms with Gasteiger partial charge in [-0.3, -0.25) is 4.98 Å². The molecule has 220 valence electrons. The molecule has 2 aliphatic rings. The summed E-state index contributed by atoms with van der Waals surface area (Å²) in [4.78, 5) is 16.4. The van der Waals surface area contributed by atoms with Gasteiger partial charge in [0, 0.05) is 39.4 Å². The zero-order valence-corrected chi connectivity index (χ0v) is 26.8. The molecule has 5 heterocycles. The van der Waals surface area contributed by atoms with E-state index in [1.54, 1.807) is 24.4 Å². The number of fused-ring (bicyclic) bond motifs is 6. The summed E-state index contributed by atoms with van der Waals surface area (Å²) in [7, 11) is -4.17. The van der Waals surface area contributed by atoms with Crippen LogP contribution in [0.1, 0.15) is 90.0 Å².